The lowest BCUT2D eigenvalue weighted by Gasteiger charge is -2.31. The number of amides is 1. The summed E-state index contributed by atoms with van der Waals surface area (Å²) in [5.41, 5.74) is 5.91. The van der Waals surface area contributed by atoms with Crippen LogP contribution in [0, 0.1) is 11.7 Å². The van der Waals surface area contributed by atoms with E-state index in [2.05, 4.69) is 18.8 Å². The van der Waals surface area contributed by atoms with Crippen LogP contribution in [0.4, 0.5) is 10.2 Å². The Morgan fingerprint density at radius 1 is 1.50 bits per heavy atom. The number of nitrogens with two attached hydrogens (primary N) is 1. The van der Waals surface area contributed by atoms with E-state index in [9.17, 15) is 9.18 Å². The monoisotopic (exact) mass is 279 g/mol. The van der Waals surface area contributed by atoms with E-state index in [0.29, 0.717) is 12.5 Å². The molecule has 0 unspecified atom stereocenters. The first-order chi connectivity index (χ1) is 9.49. The molecule has 110 valence electrons. The van der Waals surface area contributed by atoms with Crippen molar-refractivity contribution in [3.63, 3.8) is 0 Å². The molecule has 0 atom stereocenters. The Balaban J connectivity index is 2.27. The molecule has 2 rings (SSSR count). The predicted octanol–water partition coefficient (Wildman–Crippen LogP) is 2.84. The Bertz CT molecular complexity index is 484. The lowest BCUT2D eigenvalue weighted by molar-refractivity contribution is 0.0656. The number of nitrogens with zero attached hydrogens (tertiary/aromatic N) is 2. The number of pyridine rings is 1. The van der Waals surface area contributed by atoms with Crippen LogP contribution in [-0.4, -0.2) is 28.4 Å². The summed E-state index contributed by atoms with van der Waals surface area (Å²) >= 11 is 0. The zero-order valence-electron chi connectivity index (χ0n) is 12.1. The fraction of sp³-hybridized carbons (Fsp3) is 0.600. The summed E-state index contributed by atoms with van der Waals surface area (Å²) < 4.78 is 13.3. The minimum Gasteiger partial charge on any atom is -0.383 e. The van der Waals surface area contributed by atoms with Crippen LogP contribution in [0.25, 0.3) is 0 Å². The minimum atomic E-state index is -0.529. The summed E-state index contributed by atoms with van der Waals surface area (Å²) in [5, 5.41) is 0. The third-order valence-electron chi connectivity index (χ3n) is 3.70. The van der Waals surface area contributed by atoms with Gasteiger partial charge in [0.25, 0.3) is 5.91 Å². The van der Waals surface area contributed by atoms with Crippen molar-refractivity contribution in [1.29, 1.82) is 0 Å². The van der Waals surface area contributed by atoms with Crippen molar-refractivity contribution in [2.24, 2.45) is 5.92 Å². The third-order valence-corrected chi connectivity index (χ3v) is 3.70. The maximum absolute atomic E-state index is 13.3. The van der Waals surface area contributed by atoms with Crippen LogP contribution in [-0.2, 0) is 0 Å². The van der Waals surface area contributed by atoms with E-state index in [1.165, 1.54) is 6.07 Å². The largest absolute Gasteiger partial charge is 0.383 e. The van der Waals surface area contributed by atoms with Crippen LogP contribution in [0.3, 0.4) is 0 Å². The van der Waals surface area contributed by atoms with Crippen LogP contribution >= 0.6 is 0 Å². The van der Waals surface area contributed by atoms with E-state index in [0.717, 1.165) is 31.9 Å². The molecule has 0 radical (unpaired) electrons. The Labute approximate surface area is 119 Å². The van der Waals surface area contributed by atoms with Crippen molar-refractivity contribution in [3.05, 3.63) is 23.6 Å². The summed E-state index contributed by atoms with van der Waals surface area (Å²) in [5.74, 6) is -0.265. The fourth-order valence-corrected chi connectivity index (χ4v) is 2.78. The van der Waals surface area contributed by atoms with E-state index >= 15 is 0 Å². The highest BCUT2D eigenvalue weighted by molar-refractivity contribution is 5.98. The van der Waals surface area contributed by atoms with E-state index in [4.69, 9.17) is 5.73 Å². The van der Waals surface area contributed by atoms with Gasteiger partial charge in [-0.1, -0.05) is 26.7 Å². The molecule has 0 saturated heterocycles. The molecule has 1 aliphatic rings. The Kier molecular flexibility index (Phi) is 4.57. The number of halogens is 1. The molecule has 1 heterocycles. The lowest BCUT2D eigenvalue weighted by atomic mass is 10.1. The molecule has 0 aromatic carbocycles. The first-order valence-corrected chi connectivity index (χ1v) is 7.21. The highest BCUT2D eigenvalue weighted by atomic mass is 19.1. The SMILES string of the molecule is CC(C)CN(C(=O)c1cc(F)cnc1N)C1CCCC1. The number of rotatable bonds is 4. The first-order valence-electron chi connectivity index (χ1n) is 7.21. The molecule has 1 aromatic heterocycles. The number of anilines is 1. The van der Waals surface area contributed by atoms with E-state index in [-0.39, 0.29) is 23.3 Å². The number of aromatic nitrogens is 1. The van der Waals surface area contributed by atoms with Gasteiger partial charge in [-0.3, -0.25) is 4.79 Å². The molecule has 0 bridgehead atoms. The van der Waals surface area contributed by atoms with Crippen molar-refractivity contribution < 1.29 is 9.18 Å². The number of nitrogen functional groups attached to an aromatic ring is 1. The van der Waals surface area contributed by atoms with Crippen LogP contribution in [0.15, 0.2) is 12.3 Å². The van der Waals surface area contributed by atoms with Gasteiger partial charge in [-0.15, -0.1) is 0 Å². The van der Waals surface area contributed by atoms with Crippen molar-refractivity contribution >= 4 is 11.7 Å². The molecule has 1 aromatic rings. The Morgan fingerprint density at radius 3 is 2.75 bits per heavy atom. The molecule has 0 spiro atoms. The molecule has 1 saturated carbocycles. The molecule has 1 aliphatic carbocycles. The summed E-state index contributed by atoms with van der Waals surface area (Å²) in [4.78, 5) is 18.3. The fourth-order valence-electron chi connectivity index (χ4n) is 2.78. The molecule has 5 heteroatoms. The summed E-state index contributed by atoms with van der Waals surface area (Å²) in [7, 11) is 0. The molecule has 1 amide bonds. The quantitative estimate of drug-likeness (QED) is 0.922. The van der Waals surface area contributed by atoms with Crippen LogP contribution < -0.4 is 5.73 Å². The highest BCUT2D eigenvalue weighted by Gasteiger charge is 2.29. The van der Waals surface area contributed by atoms with Crippen LogP contribution in [0.1, 0.15) is 49.9 Å². The van der Waals surface area contributed by atoms with Gasteiger partial charge in [0.05, 0.1) is 11.8 Å². The molecule has 0 aliphatic heterocycles. The van der Waals surface area contributed by atoms with Gasteiger partial charge in [-0.05, 0) is 24.8 Å². The van der Waals surface area contributed by atoms with Gasteiger partial charge in [-0.2, -0.15) is 0 Å². The second-order valence-electron chi connectivity index (χ2n) is 5.88. The maximum atomic E-state index is 13.3. The topological polar surface area (TPSA) is 59.2 Å². The van der Waals surface area contributed by atoms with Gasteiger partial charge < -0.3 is 10.6 Å². The minimum absolute atomic E-state index is 0.100. The lowest BCUT2D eigenvalue weighted by Crippen LogP contribution is -2.41. The normalized spacial score (nSPS) is 15.8. The zero-order valence-corrected chi connectivity index (χ0v) is 12.1. The standard InChI is InChI=1S/C15H22FN3O/c1-10(2)9-19(12-5-3-4-6-12)15(20)13-7-11(16)8-18-14(13)17/h7-8,10,12H,3-6,9H2,1-2H3,(H2,17,18). The van der Waals surface area contributed by atoms with Gasteiger partial charge in [-0.25, -0.2) is 9.37 Å². The van der Waals surface area contributed by atoms with E-state index < -0.39 is 5.82 Å². The second kappa shape index (κ2) is 6.20. The predicted molar refractivity (Wildman–Crippen MR) is 76.7 cm³/mol. The third kappa shape index (κ3) is 3.26. The summed E-state index contributed by atoms with van der Waals surface area (Å²) in [6.07, 6.45) is 5.35. The Morgan fingerprint density at radius 2 is 2.15 bits per heavy atom. The molecular weight excluding hydrogens is 257 g/mol. The highest BCUT2D eigenvalue weighted by Crippen LogP contribution is 2.26. The van der Waals surface area contributed by atoms with Gasteiger partial charge in [0.15, 0.2) is 0 Å². The van der Waals surface area contributed by atoms with E-state index in [1.807, 2.05) is 4.90 Å². The smallest absolute Gasteiger partial charge is 0.257 e. The number of carbonyl (C=O) groups is 1. The molecular formula is C15H22FN3O. The van der Waals surface area contributed by atoms with Crippen molar-refractivity contribution in [1.82, 2.24) is 9.88 Å². The van der Waals surface area contributed by atoms with Gasteiger partial charge in [0.1, 0.15) is 11.6 Å². The zero-order chi connectivity index (χ0) is 14.7. The number of hydrogen-bond donors (Lipinski definition) is 1. The van der Waals surface area contributed by atoms with Gasteiger partial charge in [0.2, 0.25) is 0 Å². The molecule has 2 N–H and O–H groups in total. The van der Waals surface area contributed by atoms with Gasteiger partial charge in [0, 0.05) is 12.6 Å². The van der Waals surface area contributed by atoms with E-state index in [1.54, 1.807) is 0 Å². The van der Waals surface area contributed by atoms with Crippen molar-refractivity contribution in [3.8, 4) is 0 Å². The molecule has 20 heavy (non-hydrogen) atoms. The summed E-state index contributed by atoms with van der Waals surface area (Å²) in [6, 6.07) is 1.43. The van der Waals surface area contributed by atoms with Gasteiger partial charge >= 0.3 is 0 Å². The Hall–Kier alpha value is -1.65. The van der Waals surface area contributed by atoms with Crippen LogP contribution in [0.2, 0.25) is 0 Å². The van der Waals surface area contributed by atoms with Crippen molar-refractivity contribution in [2.75, 3.05) is 12.3 Å². The van der Waals surface area contributed by atoms with Crippen LogP contribution in [0.5, 0.6) is 0 Å². The summed E-state index contributed by atoms with van der Waals surface area (Å²) in [6.45, 7) is 4.81. The first kappa shape index (κ1) is 14.8. The maximum Gasteiger partial charge on any atom is 0.257 e. The number of hydrogen-bond acceptors (Lipinski definition) is 3. The average Bonchev–Trinajstić information content (AvgIpc) is 2.91. The second-order valence-corrected chi connectivity index (χ2v) is 5.88. The van der Waals surface area contributed by atoms with Crippen molar-refractivity contribution in [2.45, 2.75) is 45.6 Å². The number of carbonyl (C=O) groups excluding carboxylic acids is 1. The molecule has 1 fully saturated rings. The average molecular weight is 279 g/mol. The molecule has 4 nitrogen and oxygen atoms in total.